The Hall–Kier alpha value is -0.860. The third-order valence-corrected chi connectivity index (χ3v) is 2.72. The highest BCUT2D eigenvalue weighted by Crippen LogP contribution is 2.21. The maximum Gasteiger partial charge on any atom is 0.0681 e. The first kappa shape index (κ1) is 8.73. The molecular formula is C11H15NO. The molecule has 3 N–H and O–H groups in total. The van der Waals surface area contributed by atoms with Gasteiger partial charge in [0.25, 0.3) is 0 Å². The molecule has 2 nitrogen and oxygen atoms in total. The minimum absolute atomic E-state index is 0.127. The summed E-state index contributed by atoms with van der Waals surface area (Å²) in [5.41, 5.74) is 9.60. The number of hydrogen-bond acceptors (Lipinski definition) is 2. The summed E-state index contributed by atoms with van der Waals surface area (Å²) in [5.74, 6) is 0. The van der Waals surface area contributed by atoms with E-state index in [0.717, 1.165) is 24.8 Å². The van der Waals surface area contributed by atoms with Crippen LogP contribution in [0.1, 0.15) is 23.1 Å². The molecule has 0 fully saturated rings. The first-order chi connectivity index (χ1) is 6.29. The fourth-order valence-electron chi connectivity index (χ4n) is 1.94. The first-order valence-electron chi connectivity index (χ1n) is 4.76. The van der Waals surface area contributed by atoms with Crippen LogP contribution in [0.4, 0.5) is 0 Å². The van der Waals surface area contributed by atoms with Crippen LogP contribution in [0.15, 0.2) is 18.2 Å². The molecule has 70 valence electrons. The van der Waals surface area contributed by atoms with E-state index in [9.17, 15) is 0 Å². The molecule has 1 aliphatic carbocycles. The lowest BCUT2D eigenvalue weighted by Crippen LogP contribution is -2.27. The number of benzene rings is 1. The molecule has 0 spiro atoms. The fraction of sp³-hybridized carbons (Fsp3) is 0.455. The van der Waals surface area contributed by atoms with E-state index in [1.807, 2.05) is 6.07 Å². The standard InChI is InChI=1S/C11H15NO/c12-11-4-3-9-2-1-8(7-13)5-10(9)6-11/h1-2,5,11,13H,3-4,6-7,12H2/t11-/m1/s1. The van der Waals surface area contributed by atoms with Crippen LogP contribution >= 0.6 is 0 Å². The van der Waals surface area contributed by atoms with Crippen molar-refractivity contribution in [3.8, 4) is 0 Å². The summed E-state index contributed by atoms with van der Waals surface area (Å²) in [7, 11) is 0. The lowest BCUT2D eigenvalue weighted by molar-refractivity contribution is 0.281. The molecule has 13 heavy (non-hydrogen) atoms. The molecule has 0 amide bonds. The van der Waals surface area contributed by atoms with Crippen molar-refractivity contribution >= 4 is 0 Å². The monoisotopic (exact) mass is 177 g/mol. The summed E-state index contributed by atoms with van der Waals surface area (Å²) in [4.78, 5) is 0. The Labute approximate surface area is 78.4 Å². The summed E-state index contributed by atoms with van der Waals surface area (Å²) >= 11 is 0. The number of rotatable bonds is 1. The topological polar surface area (TPSA) is 46.2 Å². The van der Waals surface area contributed by atoms with Crippen LogP contribution in [0.25, 0.3) is 0 Å². The van der Waals surface area contributed by atoms with Crippen molar-refractivity contribution in [2.45, 2.75) is 31.9 Å². The van der Waals surface area contributed by atoms with Gasteiger partial charge in [0.05, 0.1) is 6.61 Å². The van der Waals surface area contributed by atoms with Crippen LogP contribution in [0.3, 0.4) is 0 Å². The molecule has 0 saturated heterocycles. The number of aliphatic hydroxyl groups is 1. The van der Waals surface area contributed by atoms with E-state index in [4.69, 9.17) is 10.8 Å². The maximum atomic E-state index is 8.97. The number of aliphatic hydroxyl groups excluding tert-OH is 1. The average Bonchev–Trinajstić information content (AvgIpc) is 2.16. The zero-order chi connectivity index (χ0) is 9.26. The van der Waals surface area contributed by atoms with Crippen LogP contribution in [-0.2, 0) is 19.4 Å². The summed E-state index contributed by atoms with van der Waals surface area (Å²) in [5, 5.41) is 8.97. The highest BCUT2D eigenvalue weighted by atomic mass is 16.3. The number of fused-ring (bicyclic) bond motifs is 1. The van der Waals surface area contributed by atoms with Crippen molar-refractivity contribution in [3.63, 3.8) is 0 Å². The second-order valence-corrected chi connectivity index (χ2v) is 3.76. The SMILES string of the molecule is N[C@@H]1CCc2ccc(CO)cc2C1. The molecule has 0 aliphatic heterocycles. The van der Waals surface area contributed by atoms with Crippen molar-refractivity contribution in [2.24, 2.45) is 5.73 Å². The summed E-state index contributed by atoms with van der Waals surface area (Å²) in [6.45, 7) is 0.127. The third-order valence-electron chi connectivity index (χ3n) is 2.72. The third kappa shape index (κ3) is 1.74. The highest BCUT2D eigenvalue weighted by Gasteiger charge is 2.14. The predicted molar refractivity (Wildman–Crippen MR) is 52.4 cm³/mol. The number of aryl methyl sites for hydroxylation is 1. The van der Waals surface area contributed by atoms with E-state index < -0.39 is 0 Å². The Balaban J connectivity index is 2.32. The second kappa shape index (κ2) is 3.48. The average molecular weight is 177 g/mol. The quantitative estimate of drug-likeness (QED) is 0.672. The summed E-state index contributed by atoms with van der Waals surface area (Å²) in [6.07, 6.45) is 3.14. The van der Waals surface area contributed by atoms with Crippen molar-refractivity contribution in [1.29, 1.82) is 0 Å². The molecule has 0 heterocycles. The molecule has 0 bridgehead atoms. The lowest BCUT2D eigenvalue weighted by Gasteiger charge is -2.21. The van der Waals surface area contributed by atoms with Crippen molar-refractivity contribution in [2.75, 3.05) is 0 Å². The highest BCUT2D eigenvalue weighted by molar-refractivity contribution is 5.34. The van der Waals surface area contributed by atoms with Gasteiger partial charge in [0.1, 0.15) is 0 Å². The summed E-state index contributed by atoms with van der Waals surface area (Å²) in [6, 6.07) is 6.50. The van der Waals surface area contributed by atoms with Crippen molar-refractivity contribution in [1.82, 2.24) is 0 Å². The Morgan fingerprint density at radius 2 is 2.23 bits per heavy atom. The van der Waals surface area contributed by atoms with E-state index in [1.165, 1.54) is 11.1 Å². The van der Waals surface area contributed by atoms with Gasteiger partial charge < -0.3 is 10.8 Å². The van der Waals surface area contributed by atoms with E-state index >= 15 is 0 Å². The fourth-order valence-corrected chi connectivity index (χ4v) is 1.94. The Bertz CT molecular complexity index is 309. The molecule has 0 saturated carbocycles. The zero-order valence-corrected chi connectivity index (χ0v) is 7.66. The van der Waals surface area contributed by atoms with Gasteiger partial charge in [-0.25, -0.2) is 0 Å². The number of hydrogen-bond donors (Lipinski definition) is 2. The predicted octanol–water partition coefficient (Wildman–Crippen LogP) is 0.995. The molecule has 1 atom stereocenters. The zero-order valence-electron chi connectivity index (χ0n) is 7.66. The van der Waals surface area contributed by atoms with Crippen LogP contribution in [-0.4, -0.2) is 11.1 Å². The van der Waals surface area contributed by atoms with E-state index in [-0.39, 0.29) is 6.61 Å². The van der Waals surface area contributed by atoms with Crippen LogP contribution in [0.2, 0.25) is 0 Å². The number of nitrogens with two attached hydrogens (primary N) is 1. The largest absolute Gasteiger partial charge is 0.392 e. The van der Waals surface area contributed by atoms with Gasteiger partial charge in [-0.1, -0.05) is 18.2 Å². The lowest BCUT2D eigenvalue weighted by atomic mass is 9.88. The van der Waals surface area contributed by atoms with Gasteiger partial charge in [-0.3, -0.25) is 0 Å². The van der Waals surface area contributed by atoms with E-state index in [0.29, 0.717) is 6.04 Å². The van der Waals surface area contributed by atoms with Gasteiger partial charge in [0.2, 0.25) is 0 Å². The van der Waals surface area contributed by atoms with Crippen molar-refractivity contribution in [3.05, 3.63) is 34.9 Å². The van der Waals surface area contributed by atoms with Gasteiger partial charge in [0.15, 0.2) is 0 Å². The molecule has 0 unspecified atom stereocenters. The minimum Gasteiger partial charge on any atom is -0.392 e. The van der Waals surface area contributed by atoms with Gasteiger partial charge in [-0.05, 0) is 36.0 Å². The second-order valence-electron chi connectivity index (χ2n) is 3.76. The smallest absolute Gasteiger partial charge is 0.0681 e. The molecule has 2 rings (SSSR count). The first-order valence-corrected chi connectivity index (χ1v) is 4.76. The van der Waals surface area contributed by atoms with E-state index in [1.54, 1.807) is 0 Å². The van der Waals surface area contributed by atoms with Gasteiger partial charge in [-0.15, -0.1) is 0 Å². The maximum absolute atomic E-state index is 8.97. The van der Waals surface area contributed by atoms with Crippen molar-refractivity contribution < 1.29 is 5.11 Å². The Kier molecular flexibility index (Phi) is 2.34. The van der Waals surface area contributed by atoms with Crippen LogP contribution < -0.4 is 5.73 Å². The summed E-state index contributed by atoms with van der Waals surface area (Å²) < 4.78 is 0. The normalized spacial score (nSPS) is 21.2. The minimum atomic E-state index is 0.127. The molecule has 2 heteroatoms. The van der Waals surface area contributed by atoms with Crippen LogP contribution in [0, 0.1) is 0 Å². The molecule has 0 radical (unpaired) electrons. The van der Waals surface area contributed by atoms with Gasteiger partial charge in [-0.2, -0.15) is 0 Å². The van der Waals surface area contributed by atoms with Gasteiger partial charge in [0, 0.05) is 6.04 Å². The van der Waals surface area contributed by atoms with Crippen LogP contribution in [0.5, 0.6) is 0 Å². The molecule has 1 aromatic carbocycles. The molecule has 1 aliphatic rings. The van der Waals surface area contributed by atoms with E-state index in [2.05, 4.69) is 12.1 Å². The Morgan fingerprint density at radius 3 is 3.00 bits per heavy atom. The van der Waals surface area contributed by atoms with Gasteiger partial charge >= 0.3 is 0 Å². The molecule has 0 aromatic heterocycles. The molecule has 1 aromatic rings. The Morgan fingerprint density at radius 1 is 1.38 bits per heavy atom. The molecular weight excluding hydrogens is 162 g/mol.